The number of ether oxygens (including phenoxy) is 2. The van der Waals surface area contributed by atoms with E-state index in [1.807, 2.05) is 44.2 Å². The second-order valence-electron chi connectivity index (χ2n) is 7.53. The second-order valence-corrected chi connectivity index (χ2v) is 7.53. The van der Waals surface area contributed by atoms with E-state index < -0.39 is 18.6 Å². The lowest BCUT2D eigenvalue weighted by Crippen LogP contribution is -2.36. The average molecular weight is 439 g/mol. The normalized spacial score (nSPS) is 10.7. The lowest BCUT2D eigenvalue weighted by Gasteiger charge is -2.21. The van der Waals surface area contributed by atoms with E-state index in [4.69, 9.17) is 19.1 Å². The average Bonchev–Trinajstić information content (AvgIpc) is 3.26. The van der Waals surface area contributed by atoms with Gasteiger partial charge < -0.3 is 19.1 Å². The molecule has 32 heavy (non-hydrogen) atoms. The molecule has 0 fully saturated rings. The van der Waals surface area contributed by atoms with Crippen LogP contribution >= 0.6 is 0 Å². The summed E-state index contributed by atoms with van der Waals surface area (Å²) in [6, 6.07) is 16.4. The minimum absolute atomic E-state index is 0.106. The predicted molar refractivity (Wildman–Crippen MR) is 115 cm³/mol. The molecule has 2 aromatic carbocycles. The number of carboxylic acid groups (broad SMARTS) is 1. The highest BCUT2D eigenvalue weighted by atomic mass is 16.6. The van der Waals surface area contributed by atoms with Crippen molar-refractivity contribution >= 4 is 12.1 Å². The molecule has 0 bridgehead atoms. The molecule has 0 radical (unpaired) electrons. The summed E-state index contributed by atoms with van der Waals surface area (Å²) in [6.45, 7) is 3.83. The third kappa shape index (κ3) is 6.83. The Morgan fingerprint density at radius 2 is 1.81 bits per heavy atom. The summed E-state index contributed by atoms with van der Waals surface area (Å²) >= 11 is 0. The van der Waals surface area contributed by atoms with Crippen LogP contribution < -0.4 is 4.74 Å². The number of hydrogen-bond donors (Lipinski definition) is 1. The molecule has 0 aliphatic rings. The van der Waals surface area contributed by atoms with Crippen LogP contribution in [0.1, 0.15) is 25.2 Å². The number of carbonyl (C=O) groups excluding carboxylic acids is 1. The molecule has 1 heterocycles. The highest BCUT2D eigenvalue weighted by molar-refractivity contribution is 5.76. The van der Waals surface area contributed by atoms with E-state index >= 15 is 0 Å². The van der Waals surface area contributed by atoms with Crippen LogP contribution in [0.5, 0.6) is 5.75 Å². The van der Waals surface area contributed by atoms with Crippen molar-refractivity contribution in [3.05, 3.63) is 66.0 Å². The molecule has 0 spiro atoms. The molecule has 0 saturated carbocycles. The van der Waals surface area contributed by atoms with Crippen LogP contribution in [0, 0.1) is 5.92 Å². The van der Waals surface area contributed by atoms with E-state index in [0.29, 0.717) is 17.5 Å². The second kappa shape index (κ2) is 10.9. The van der Waals surface area contributed by atoms with Gasteiger partial charge in [-0.05, 0) is 35.7 Å². The molecular formula is C23H25N3O6. The molecule has 3 rings (SSSR count). The largest absolute Gasteiger partial charge is 0.485 e. The van der Waals surface area contributed by atoms with Crippen LogP contribution in [0.3, 0.4) is 0 Å². The molecule has 1 aromatic heterocycles. The number of aliphatic carboxylic acids is 1. The Morgan fingerprint density at radius 1 is 1.09 bits per heavy atom. The van der Waals surface area contributed by atoms with Gasteiger partial charge in [-0.1, -0.05) is 49.3 Å². The van der Waals surface area contributed by atoms with Gasteiger partial charge in [0, 0.05) is 12.1 Å². The molecule has 168 valence electrons. The fourth-order valence-electron chi connectivity index (χ4n) is 2.75. The Kier molecular flexibility index (Phi) is 7.80. The van der Waals surface area contributed by atoms with Crippen LogP contribution in [0.4, 0.5) is 4.79 Å². The number of nitrogens with zero attached hydrogens (tertiary/aromatic N) is 3. The number of rotatable bonds is 10. The Balaban J connectivity index is 1.56. The van der Waals surface area contributed by atoms with E-state index in [1.165, 1.54) is 0 Å². The first-order valence-electron chi connectivity index (χ1n) is 10.1. The smallest absolute Gasteiger partial charge is 0.410 e. The van der Waals surface area contributed by atoms with Crippen LogP contribution in [0.15, 0.2) is 59.1 Å². The number of amides is 1. The predicted octanol–water partition coefficient (Wildman–Crippen LogP) is 3.99. The maximum atomic E-state index is 12.2. The van der Waals surface area contributed by atoms with Crippen molar-refractivity contribution in [3.63, 3.8) is 0 Å². The first-order chi connectivity index (χ1) is 15.4. The lowest BCUT2D eigenvalue weighted by molar-refractivity contribution is -0.138. The van der Waals surface area contributed by atoms with Gasteiger partial charge >= 0.3 is 12.1 Å². The fraction of sp³-hybridized carbons (Fsp3) is 0.304. The maximum absolute atomic E-state index is 12.2. The number of benzene rings is 2. The molecule has 1 N–H and O–H groups in total. The van der Waals surface area contributed by atoms with E-state index in [2.05, 4.69) is 10.1 Å². The molecule has 9 nitrogen and oxygen atoms in total. The fourth-order valence-corrected chi connectivity index (χ4v) is 2.75. The van der Waals surface area contributed by atoms with Crippen molar-refractivity contribution in [2.75, 3.05) is 13.2 Å². The summed E-state index contributed by atoms with van der Waals surface area (Å²) in [4.78, 5) is 28.8. The SMILES string of the molecule is CC(C)COC(=O)N(CC(=O)O)Cc1ccc(OCc2noc(-c3ccccc3)n2)cc1. The first kappa shape index (κ1) is 22.8. The van der Waals surface area contributed by atoms with Crippen LogP contribution in [0.2, 0.25) is 0 Å². The van der Waals surface area contributed by atoms with Crippen molar-refractivity contribution in [2.45, 2.75) is 27.0 Å². The summed E-state index contributed by atoms with van der Waals surface area (Å²) in [7, 11) is 0. The Hall–Kier alpha value is -3.88. The summed E-state index contributed by atoms with van der Waals surface area (Å²) in [5.74, 6) is 0.453. The van der Waals surface area contributed by atoms with Crippen molar-refractivity contribution in [1.82, 2.24) is 15.0 Å². The van der Waals surface area contributed by atoms with Gasteiger partial charge in [0.05, 0.1) is 6.61 Å². The van der Waals surface area contributed by atoms with Crippen molar-refractivity contribution in [2.24, 2.45) is 5.92 Å². The molecule has 1 amide bonds. The van der Waals surface area contributed by atoms with Crippen molar-refractivity contribution in [1.29, 1.82) is 0 Å². The first-order valence-corrected chi connectivity index (χ1v) is 10.1. The molecule has 0 atom stereocenters. The summed E-state index contributed by atoms with van der Waals surface area (Å²) in [5, 5.41) is 13.0. The van der Waals surface area contributed by atoms with E-state index in [-0.39, 0.29) is 25.7 Å². The molecule has 0 aliphatic heterocycles. The summed E-state index contributed by atoms with van der Waals surface area (Å²) in [5.41, 5.74) is 1.57. The highest BCUT2D eigenvalue weighted by Crippen LogP contribution is 2.18. The standard InChI is InChI=1S/C23H25N3O6/c1-16(2)14-31-23(29)26(13-21(27)28)12-17-8-10-19(11-9-17)30-15-20-24-22(32-25-20)18-6-4-3-5-7-18/h3-11,16H,12-15H2,1-2H3,(H,27,28). The van der Waals surface area contributed by atoms with Crippen molar-refractivity contribution < 1.29 is 28.7 Å². The van der Waals surface area contributed by atoms with E-state index in [0.717, 1.165) is 16.0 Å². The minimum atomic E-state index is -1.11. The maximum Gasteiger partial charge on any atom is 0.410 e. The highest BCUT2D eigenvalue weighted by Gasteiger charge is 2.19. The van der Waals surface area contributed by atoms with Crippen LogP contribution in [-0.2, 0) is 22.7 Å². The van der Waals surface area contributed by atoms with Gasteiger partial charge in [0.2, 0.25) is 5.82 Å². The molecule has 0 unspecified atom stereocenters. The van der Waals surface area contributed by atoms with Crippen molar-refractivity contribution in [3.8, 4) is 17.2 Å². The Labute approximate surface area is 185 Å². The topological polar surface area (TPSA) is 115 Å². The quantitative estimate of drug-likeness (QED) is 0.504. The summed E-state index contributed by atoms with van der Waals surface area (Å²) < 4.78 is 16.1. The summed E-state index contributed by atoms with van der Waals surface area (Å²) in [6.07, 6.45) is -0.659. The zero-order valence-corrected chi connectivity index (χ0v) is 17.9. The van der Waals surface area contributed by atoms with Crippen LogP contribution in [-0.4, -0.2) is 45.4 Å². The van der Waals surface area contributed by atoms with Gasteiger partial charge in [0.1, 0.15) is 12.3 Å². The van der Waals surface area contributed by atoms with Gasteiger partial charge in [0.15, 0.2) is 6.61 Å². The number of hydrogen-bond acceptors (Lipinski definition) is 7. The van der Waals surface area contributed by atoms with Gasteiger partial charge in [0.25, 0.3) is 5.89 Å². The molecule has 3 aromatic rings. The number of aromatic nitrogens is 2. The van der Waals surface area contributed by atoms with Gasteiger partial charge in [-0.15, -0.1) is 0 Å². The minimum Gasteiger partial charge on any atom is -0.485 e. The zero-order chi connectivity index (χ0) is 22.9. The lowest BCUT2D eigenvalue weighted by atomic mass is 10.2. The molecule has 0 aliphatic carbocycles. The molecule has 0 saturated heterocycles. The Bertz CT molecular complexity index is 1020. The molecular weight excluding hydrogens is 414 g/mol. The molecule has 9 heteroatoms. The van der Waals surface area contributed by atoms with E-state index in [1.54, 1.807) is 24.3 Å². The van der Waals surface area contributed by atoms with Gasteiger partial charge in [-0.2, -0.15) is 4.98 Å². The van der Waals surface area contributed by atoms with E-state index in [9.17, 15) is 9.59 Å². The van der Waals surface area contributed by atoms with Gasteiger partial charge in [-0.3, -0.25) is 9.69 Å². The third-order valence-electron chi connectivity index (χ3n) is 4.28. The van der Waals surface area contributed by atoms with Crippen LogP contribution in [0.25, 0.3) is 11.5 Å². The number of carboxylic acids is 1. The monoisotopic (exact) mass is 439 g/mol. The van der Waals surface area contributed by atoms with Gasteiger partial charge in [-0.25, -0.2) is 4.79 Å². The third-order valence-corrected chi connectivity index (χ3v) is 4.28. The number of carbonyl (C=O) groups is 2. The Morgan fingerprint density at radius 3 is 2.47 bits per heavy atom. The zero-order valence-electron chi connectivity index (χ0n) is 17.9.